The van der Waals surface area contributed by atoms with E-state index in [1.807, 2.05) is 4.90 Å². The normalized spacial score (nSPS) is 16.7. The van der Waals surface area contributed by atoms with Gasteiger partial charge < -0.3 is 15.5 Å². The van der Waals surface area contributed by atoms with E-state index in [0.29, 0.717) is 31.2 Å². The molecule has 106 valence electrons. The molecule has 0 atom stereocenters. The van der Waals surface area contributed by atoms with E-state index in [0.717, 1.165) is 17.8 Å². The van der Waals surface area contributed by atoms with Gasteiger partial charge in [0.2, 0.25) is 5.91 Å². The van der Waals surface area contributed by atoms with Crippen LogP contribution in [0.25, 0.3) is 0 Å². The molecule has 0 radical (unpaired) electrons. The third-order valence-corrected chi connectivity index (χ3v) is 5.24. The van der Waals surface area contributed by atoms with Gasteiger partial charge in [0.25, 0.3) is 0 Å². The summed E-state index contributed by atoms with van der Waals surface area (Å²) in [4.78, 5) is 15.0. The van der Waals surface area contributed by atoms with Gasteiger partial charge >= 0.3 is 0 Å². The maximum atomic E-state index is 11.7. The van der Waals surface area contributed by atoms with Crippen LogP contribution in [0.15, 0.2) is 4.90 Å². The highest BCUT2D eigenvalue weighted by molar-refractivity contribution is 7.91. The number of carbonyl (C=O) groups excluding carboxylic acids is 1. The van der Waals surface area contributed by atoms with Crippen LogP contribution in [0.1, 0.15) is 6.92 Å². The van der Waals surface area contributed by atoms with E-state index in [9.17, 15) is 13.2 Å². The molecular weight excluding hydrogens is 288 g/mol. The molecule has 2 N–H and O–H groups in total. The number of sulfone groups is 1. The zero-order valence-electron chi connectivity index (χ0n) is 10.8. The second-order valence-electron chi connectivity index (χ2n) is 4.47. The van der Waals surface area contributed by atoms with E-state index < -0.39 is 9.84 Å². The van der Waals surface area contributed by atoms with Gasteiger partial charge in [0.1, 0.15) is 9.90 Å². The largest absolute Gasteiger partial charge is 0.382 e. The number of piperazine rings is 1. The Hall–Kier alpha value is -1.35. The summed E-state index contributed by atoms with van der Waals surface area (Å²) in [6, 6.07) is 0. The molecule has 1 fully saturated rings. The Kier molecular flexibility index (Phi) is 3.68. The first-order valence-electron chi connectivity index (χ1n) is 5.76. The molecule has 1 saturated heterocycles. The molecule has 7 nitrogen and oxygen atoms in total. The molecule has 0 bridgehead atoms. The molecule has 0 aromatic carbocycles. The molecular formula is C10H16N4O3S2. The first kappa shape index (κ1) is 14.1. The van der Waals surface area contributed by atoms with Gasteiger partial charge in [-0.3, -0.25) is 4.79 Å². The standard InChI is InChI=1S/C10H16N4O3S2/c1-7(15)13-3-5-14(6-4-13)10-8(19(2,16)17)9(11)12-18-10/h3-6H2,1-2H3,(H2,11,12). The number of aromatic nitrogens is 1. The molecule has 0 aliphatic carbocycles. The number of amides is 1. The third-order valence-electron chi connectivity index (χ3n) is 3.04. The summed E-state index contributed by atoms with van der Waals surface area (Å²) in [5, 5.41) is 0.572. The summed E-state index contributed by atoms with van der Waals surface area (Å²) >= 11 is 1.09. The van der Waals surface area contributed by atoms with E-state index in [4.69, 9.17) is 5.73 Å². The fourth-order valence-corrected chi connectivity index (χ4v) is 4.32. The molecule has 19 heavy (non-hydrogen) atoms. The van der Waals surface area contributed by atoms with Gasteiger partial charge in [-0.1, -0.05) is 0 Å². The number of carbonyl (C=O) groups is 1. The summed E-state index contributed by atoms with van der Waals surface area (Å²) in [5.74, 6) is 0.0864. The fourth-order valence-electron chi connectivity index (χ4n) is 2.06. The SMILES string of the molecule is CC(=O)N1CCN(c2snc(N)c2S(C)(=O)=O)CC1. The van der Waals surface area contributed by atoms with Gasteiger partial charge in [-0.05, 0) is 11.5 Å². The molecule has 0 saturated carbocycles. The second kappa shape index (κ2) is 4.97. The highest BCUT2D eigenvalue weighted by Gasteiger charge is 2.28. The van der Waals surface area contributed by atoms with Crippen LogP contribution in [0.3, 0.4) is 0 Å². The quantitative estimate of drug-likeness (QED) is 0.812. The van der Waals surface area contributed by atoms with Crippen molar-refractivity contribution < 1.29 is 13.2 Å². The van der Waals surface area contributed by atoms with Gasteiger partial charge in [-0.15, -0.1) is 0 Å². The molecule has 1 aliphatic rings. The monoisotopic (exact) mass is 304 g/mol. The van der Waals surface area contributed by atoms with E-state index in [-0.39, 0.29) is 16.6 Å². The van der Waals surface area contributed by atoms with Crippen LogP contribution in [-0.4, -0.2) is 56.0 Å². The lowest BCUT2D eigenvalue weighted by molar-refractivity contribution is -0.129. The zero-order valence-corrected chi connectivity index (χ0v) is 12.4. The first-order chi connectivity index (χ1) is 8.80. The molecule has 2 rings (SSSR count). The smallest absolute Gasteiger partial charge is 0.219 e. The van der Waals surface area contributed by atoms with Gasteiger partial charge in [-0.2, -0.15) is 4.37 Å². The third kappa shape index (κ3) is 2.81. The Morgan fingerprint density at radius 3 is 2.37 bits per heavy atom. The molecule has 1 aromatic heterocycles. The van der Waals surface area contributed by atoms with Crippen LogP contribution in [0.2, 0.25) is 0 Å². The number of rotatable bonds is 2. The van der Waals surface area contributed by atoms with Gasteiger partial charge in [-0.25, -0.2) is 8.42 Å². The van der Waals surface area contributed by atoms with Gasteiger partial charge in [0, 0.05) is 39.4 Å². The van der Waals surface area contributed by atoms with E-state index in [1.165, 1.54) is 6.92 Å². The number of nitrogens with zero attached hydrogens (tertiary/aromatic N) is 3. The van der Waals surface area contributed by atoms with E-state index >= 15 is 0 Å². The number of nitrogen functional groups attached to an aromatic ring is 1. The molecule has 1 amide bonds. The lowest BCUT2D eigenvalue weighted by Crippen LogP contribution is -2.48. The van der Waals surface area contributed by atoms with Crippen molar-refractivity contribution in [1.82, 2.24) is 9.27 Å². The average Bonchev–Trinajstić information content (AvgIpc) is 2.71. The summed E-state index contributed by atoms with van der Waals surface area (Å²) in [7, 11) is -3.40. The van der Waals surface area contributed by atoms with Crippen molar-refractivity contribution in [1.29, 1.82) is 0 Å². The maximum Gasteiger partial charge on any atom is 0.219 e. The molecule has 1 aliphatic heterocycles. The van der Waals surface area contributed by atoms with Gasteiger partial charge in [0.05, 0.1) is 0 Å². The van der Waals surface area contributed by atoms with Crippen molar-refractivity contribution in [3.05, 3.63) is 0 Å². The van der Waals surface area contributed by atoms with Gasteiger partial charge in [0.15, 0.2) is 15.7 Å². The molecule has 0 unspecified atom stereocenters. The second-order valence-corrected chi connectivity index (χ2v) is 7.17. The van der Waals surface area contributed by atoms with Crippen molar-refractivity contribution >= 4 is 38.1 Å². The van der Waals surface area contributed by atoms with Crippen LogP contribution < -0.4 is 10.6 Å². The number of hydrogen-bond acceptors (Lipinski definition) is 7. The van der Waals surface area contributed by atoms with Crippen molar-refractivity contribution in [3.63, 3.8) is 0 Å². The van der Waals surface area contributed by atoms with Crippen LogP contribution >= 0.6 is 11.5 Å². The molecule has 0 spiro atoms. The Morgan fingerprint density at radius 2 is 1.89 bits per heavy atom. The zero-order chi connectivity index (χ0) is 14.2. The summed E-state index contributed by atoms with van der Waals surface area (Å²) in [5.41, 5.74) is 5.64. The minimum Gasteiger partial charge on any atom is -0.382 e. The average molecular weight is 304 g/mol. The van der Waals surface area contributed by atoms with Crippen LogP contribution in [0.5, 0.6) is 0 Å². The highest BCUT2D eigenvalue weighted by Crippen LogP contribution is 2.34. The summed E-state index contributed by atoms with van der Waals surface area (Å²) in [6.45, 7) is 3.86. The number of anilines is 2. The van der Waals surface area contributed by atoms with Crippen LogP contribution in [-0.2, 0) is 14.6 Å². The summed E-state index contributed by atoms with van der Waals surface area (Å²) < 4.78 is 27.4. The minimum atomic E-state index is -3.40. The van der Waals surface area contributed by atoms with Crippen LogP contribution in [0.4, 0.5) is 10.8 Å². The molecule has 1 aromatic rings. The van der Waals surface area contributed by atoms with Crippen molar-refractivity contribution in [3.8, 4) is 0 Å². The van der Waals surface area contributed by atoms with E-state index in [2.05, 4.69) is 4.37 Å². The molecule has 9 heteroatoms. The molecule has 2 heterocycles. The van der Waals surface area contributed by atoms with Crippen LogP contribution in [0, 0.1) is 0 Å². The summed E-state index contributed by atoms with van der Waals surface area (Å²) in [6.07, 6.45) is 1.13. The predicted molar refractivity (Wildman–Crippen MR) is 74.1 cm³/mol. The lowest BCUT2D eigenvalue weighted by atomic mass is 10.3. The topological polar surface area (TPSA) is 96.6 Å². The highest BCUT2D eigenvalue weighted by atomic mass is 32.2. The van der Waals surface area contributed by atoms with E-state index in [1.54, 1.807) is 4.90 Å². The Bertz CT molecular complexity index is 588. The van der Waals surface area contributed by atoms with Crippen molar-refractivity contribution in [2.75, 3.05) is 43.1 Å². The number of nitrogens with two attached hydrogens (primary N) is 1. The Morgan fingerprint density at radius 1 is 1.32 bits per heavy atom. The maximum absolute atomic E-state index is 11.7. The predicted octanol–water partition coefficient (Wildman–Crippen LogP) is -0.203. The minimum absolute atomic E-state index is 0.0341. The first-order valence-corrected chi connectivity index (χ1v) is 8.43. The number of hydrogen-bond donors (Lipinski definition) is 1. The Labute approximate surface area is 116 Å². The Balaban J connectivity index is 2.24. The van der Waals surface area contributed by atoms with Crippen molar-refractivity contribution in [2.24, 2.45) is 0 Å². The van der Waals surface area contributed by atoms with Crippen molar-refractivity contribution in [2.45, 2.75) is 11.8 Å². The fraction of sp³-hybridized carbons (Fsp3) is 0.600. The lowest BCUT2D eigenvalue weighted by Gasteiger charge is -2.34.